The van der Waals surface area contributed by atoms with Crippen molar-refractivity contribution in [2.45, 2.75) is 0 Å². The summed E-state index contributed by atoms with van der Waals surface area (Å²) in [6, 6.07) is 20.8. The van der Waals surface area contributed by atoms with Gasteiger partial charge in [-0.2, -0.15) is 0 Å². The Balaban J connectivity index is 1.60. The zero-order chi connectivity index (χ0) is 21.8. The number of carbonyl (C=O) groups excluding carboxylic acids is 2. The van der Waals surface area contributed by atoms with Gasteiger partial charge in [0.2, 0.25) is 5.90 Å². The standard InChI is InChI=1S/C24H16BrNO5/c1-29-19-11-9-15(10-12-19)23(27)30-21-8-3-2-5-16(21)14-20-24(28)31-22(26-20)17-6-4-7-18(25)13-17/h2-14H,1H3/b20-14-. The smallest absolute Gasteiger partial charge is 0.363 e. The van der Waals surface area contributed by atoms with E-state index in [4.69, 9.17) is 14.2 Å². The summed E-state index contributed by atoms with van der Waals surface area (Å²) in [4.78, 5) is 29.2. The lowest BCUT2D eigenvalue weighted by Gasteiger charge is -2.08. The maximum absolute atomic E-state index is 12.5. The summed E-state index contributed by atoms with van der Waals surface area (Å²) in [6.45, 7) is 0. The van der Waals surface area contributed by atoms with Crippen LogP contribution in [0.15, 0.2) is 88.0 Å². The third kappa shape index (κ3) is 4.73. The minimum Gasteiger partial charge on any atom is -0.497 e. The molecule has 0 amide bonds. The van der Waals surface area contributed by atoms with E-state index in [1.165, 1.54) is 6.08 Å². The molecule has 4 rings (SSSR count). The predicted octanol–water partition coefficient (Wildman–Crippen LogP) is 5.02. The molecule has 3 aromatic carbocycles. The number of carbonyl (C=O) groups is 2. The number of aliphatic imine (C=N–C) groups is 1. The number of methoxy groups -OCH3 is 1. The largest absolute Gasteiger partial charge is 0.497 e. The number of hydrogen-bond donors (Lipinski definition) is 0. The van der Waals surface area contributed by atoms with Crippen molar-refractivity contribution in [3.63, 3.8) is 0 Å². The van der Waals surface area contributed by atoms with Gasteiger partial charge in [-0.3, -0.25) is 0 Å². The molecule has 0 saturated carbocycles. The van der Waals surface area contributed by atoms with Crippen LogP contribution in [0.3, 0.4) is 0 Å². The van der Waals surface area contributed by atoms with Gasteiger partial charge in [-0.25, -0.2) is 14.6 Å². The number of para-hydroxylation sites is 1. The first-order chi connectivity index (χ1) is 15.0. The van der Waals surface area contributed by atoms with Crippen LogP contribution in [0.5, 0.6) is 11.5 Å². The molecule has 3 aromatic rings. The molecule has 1 aliphatic rings. The highest BCUT2D eigenvalue weighted by molar-refractivity contribution is 9.10. The van der Waals surface area contributed by atoms with Crippen LogP contribution in [0.4, 0.5) is 0 Å². The monoisotopic (exact) mass is 477 g/mol. The highest BCUT2D eigenvalue weighted by Crippen LogP contribution is 2.26. The molecular weight excluding hydrogens is 462 g/mol. The number of nitrogens with zero attached hydrogens (tertiary/aromatic N) is 1. The quantitative estimate of drug-likeness (QED) is 0.293. The number of benzene rings is 3. The Labute approximate surface area is 186 Å². The highest BCUT2D eigenvalue weighted by Gasteiger charge is 2.25. The van der Waals surface area contributed by atoms with Gasteiger partial charge in [0.05, 0.1) is 12.7 Å². The fourth-order valence-corrected chi connectivity index (χ4v) is 3.28. The molecule has 0 radical (unpaired) electrons. The van der Waals surface area contributed by atoms with Gasteiger partial charge in [-0.1, -0.05) is 40.2 Å². The first-order valence-electron chi connectivity index (χ1n) is 9.27. The minimum atomic E-state index is -0.578. The van der Waals surface area contributed by atoms with Crippen molar-refractivity contribution in [2.24, 2.45) is 4.99 Å². The second-order valence-corrected chi connectivity index (χ2v) is 7.42. The van der Waals surface area contributed by atoms with Gasteiger partial charge in [0, 0.05) is 15.6 Å². The van der Waals surface area contributed by atoms with Crippen LogP contribution >= 0.6 is 15.9 Å². The Morgan fingerprint density at radius 2 is 1.81 bits per heavy atom. The van der Waals surface area contributed by atoms with Crippen molar-refractivity contribution >= 4 is 39.8 Å². The van der Waals surface area contributed by atoms with Crippen molar-refractivity contribution in [1.29, 1.82) is 0 Å². The average molecular weight is 478 g/mol. The molecule has 0 unspecified atom stereocenters. The molecule has 0 saturated heterocycles. The lowest BCUT2D eigenvalue weighted by Crippen LogP contribution is -2.09. The molecule has 1 aliphatic heterocycles. The van der Waals surface area contributed by atoms with Gasteiger partial charge in [0.25, 0.3) is 0 Å². The molecule has 6 nitrogen and oxygen atoms in total. The third-order valence-corrected chi connectivity index (χ3v) is 4.92. The fourth-order valence-electron chi connectivity index (χ4n) is 2.88. The molecule has 0 spiro atoms. The second-order valence-electron chi connectivity index (χ2n) is 6.50. The minimum absolute atomic E-state index is 0.114. The summed E-state index contributed by atoms with van der Waals surface area (Å²) >= 11 is 3.39. The van der Waals surface area contributed by atoms with Gasteiger partial charge in [-0.15, -0.1) is 0 Å². The maximum atomic E-state index is 12.5. The van der Waals surface area contributed by atoms with Gasteiger partial charge in [0.15, 0.2) is 5.70 Å². The van der Waals surface area contributed by atoms with Gasteiger partial charge >= 0.3 is 11.9 Å². The summed E-state index contributed by atoms with van der Waals surface area (Å²) in [7, 11) is 1.55. The van der Waals surface area contributed by atoms with Gasteiger partial charge < -0.3 is 14.2 Å². The van der Waals surface area contributed by atoms with E-state index in [0.717, 1.165) is 4.47 Å². The SMILES string of the molecule is COc1ccc(C(=O)Oc2ccccc2/C=C2\N=C(c3cccc(Br)c3)OC2=O)cc1. The molecule has 0 fully saturated rings. The van der Waals surface area contributed by atoms with Gasteiger partial charge in [-0.05, 0) is 54.6 Å². The van der Waals surface area contributed by atoms with E-state index < -0.39 is 11.9 Å². The molecular formula is C24H16BrNO5. The Bertz CT molecular complexity index is 1210. The number of halogens is 1. The fraction of sp³-hybridized carbons (Fsp3) is 0.0417. The molecule has 0 N–H and O–H groups in total. The van der Waals surface area contributed by atoms with Crippen LogP contribution in [0.1, 0.15) is 21.5 Å². The Morgan fingerprint density at radius 3 is 2.55 bits per heavy atom. The number of rotatable bonds is 5. The van der Waals surface area contributed by atoms with Crippen molar-refractivity contribution in [1.82, 2.24) is 0 Å². The normalized spacial score (nSPS) is 14.2. The summed E-state index contributed by atoms with van der Waals surface area (Å²) in [5.74, 6) is 0.0487. The molecule has 0 aliphatic carbocycles. The maximum Gasteiger partial charge on any atom is 0.363 e. The zero-order valence-corrected chi connectivity index (χ0v) is 18.0. The van der Waals surface area contributed by atoms with Crippen molar-refractivity contribution in [3.8, 4) is 11.5 Å². The van der Waals surface area contributed by atoms with E-state index in [1.807, 2.05) is 12.1 Å². The number of ether oxygens (including phenoxy) is 3. The Morgan fingerprint density at radius 1 is 1.03 bits per heavy atom. The molecule has 31 heavy (non-hydrogen) atoms. The second kappa shape index (κ2) is 8.97. The molecule has 1 heterocycles. The number of cyclic esters (lactones) is 1. The molecule has 154 valence electrons. The molecule has 0 bridgehead atoms. The van der Waals surface area contributed by atoms with E-state index in [9.17, 15) is 9.59 Å². The summed E-state index contributed by atoms with van der Waals surface area (Å²) in [5, 5.41) is 0. The van der Waals surface area contributed by atoms with Gasteiger partial charge in [0.1, 0.15) is 11.5 Å². The third-order valence-electron chi connectivity index (χ3n) is 4.43. The summed E-state index contributed by atoms with van der Waals surface area (Å²) in [6.07, 6.45) is 1.53. The lowest BCUT2D eigenvalue weighted by molar-refractivity contribution is -0.129. The van der Waals surface area contributed by atoms with E-state index >= 15 is 0 Å². The molecule has 0 aromatic heterocycles. The van der Waals surface area contributed by atoms with E-state index in [0.29, 0.717) is 28.2 Å². The Kier molecular flexibility index (Phi) is 5.95. The van der Waals surface area contributed by atoms with Crippen LogP contribution in [0.25, 0.3) is 6.08 Å². The van der Waals surface area contributed by atoms with Crippen molar-refractivity contribution in [2.75, 3.05) is 7.11 Å². The van der Waals surface area contributed by atoms with Crippen LogP contribution in [-0.2, 0) is 9.53 Å². The lowest BCUT2D eigenvalue weighted by atomic mass is 10.1. The van der Waals surface area contributed by atoms with Crippen molar-refractivity contribution in [3.05, 3.63) is 99.7 Å². The summed E-state index contributed by atoms with van der Waals surface area (Å²) < 4.78 is 16.8. The van der Waals surface area contributed by atoms with E-state index in [1.54, 1.807) is 67.8 Å². The summed E-state index contributed by atoms with van der Waals surface area (Å²) in [5.41, 5.74) is 1.68. The molecule has 7 heteroatoms. The number of esters is 2. The molecule has 0 atom stereocenters. The van der Waals surface area contributed by atoms with Crippen LogP contribution in [-0.4, -0.2) is 24.9 Å². The van der Waals surface area contributed by atoms with Crippen LogP contribution in [0.2, 0.25) is 0 Å². The predicted molar refractivity (Wildman–Crippen MR) is 119 cm³/mol. The van der Waals surface area contributed by atoms with E-state index in [-0.39, 0.29) is 11.6 Å². The Hall–Kier alpha value is -3.71. The topological polar surface area (TPSA) is 74.2 Å². The first-order valence-corrected chi connectivity index (χ1v) is 10.1. The zero-order valence-electron chi connectivity index (χ0n) is 16.4. The highest BCUT2D eigenvalue weighted by atomic mass is 79.9. The van der Waals surface area contributed by atoms with E-state index in [2.05, 4.69) is 20.9 Å². The first kappa shape index (κ1) is 20.6. The van der Waals surface area contributed by atoms with Crippen molar-refractivity contribution < 1.29 is 23.8 Å². The van der Waals surface area contributed by atoms with Crippen LogP contribution in [0, 0.1) is 0 Å². The van der Waals surface area contributed by atoms with Crippen LogP contribution < -0.4 is 9.47 Å². The average Bonchev–Trinajstić information content (AvgIpc) is 3.15. The number of hydrogen-bond acceptors (Lipinski definition) is 6.